The molecule has 2 aliphatic rings. The van der Waals surface area contributed by atoms with Gasteiger partial charge in [0.25, 0.3) is 0 Å². The fourth-order valence-corrected chi connectivity index (χ4v) is 7.79. The van der Waals surface area contributed by atoms with E-state index in [-0.39, 0.29) is 17.6 Å². The number of carbonyl (C=O) groups excluding carboxylic acids is 2. The van der Waals surface area contributed by atoms with E-state index in [1.807, 2.05) is 45.0 Å². The summed E-state index contributed by atoms with van der Waals surface area (Å²) in [4.78, 5) is 30.7. The molecular formula is C32H30ClN3O4S. The van der Waals surface area contributed by atoms with Gasteiger partial charge in [-0.2, -0.15) is 5.10 Å². The number of aromatic hydroxyl groups is 1. The van der Waals surface area contributed by atoms with Crippen molar-refractivity contribution in [2.75, 3.05) is 11.5 Å². The molecule has 1 saturated heterocycles. The maximum Gasteiger partial charge on any atom is 0.242 e. The number of fused-ring (bicyclic) bond motifs is 2. The molecule has 0 bridgehead atoms. The van der Waals surface area contributed by atoms with Crippen molar-refractivity contribution >= 4 is 50.7 Å². The van der Waals surface area contributed by atoms with Gasteiger partial charge in [-0.15, -0.1) is 11.3 Å². The van der Waals surface area contributed by atoms with Crippen molar-refractivity contribution in [3.8, 4) is 22.1 Å². The highest BCUT2D eigenvalue weighted by Crippen LogP contribution is 2.58. The van der Waals surface area contributed by atoms with E-state index in [2.05, 4.69) is 6.58 Å². The Hall–Kier alpha value is -3.88. The number of imide groups is 1. The average Bonchev–Trinajstić information content (AvgIpc) is 3.54. The van der Waals surface area contributed by atoms with Crippen LogP contribution in [0.4, 0.5) is 5.82 Å². The number of carbonyl (C=O) groups is 2. The van der Waals surface area contributed by atoms with Gasteiger partial charge in [0.1, 0.15) is 11.5 Å². The van der Waals surface area contributed by atoms with Gasteiger partial charge in [-0.1, -0.05) is 42.5 Å². The summed E-state index contributed by atoms with van der Waals surface area (Å²) >= 11 is 7.84. The topological polar surface area (TPSA) is 84.7 Å². The van der Waals surface area contributed by atoms with Crippen LogP contribution in [-0.2, 0) is 16.6 Å². The lowest BCUT2D eigenvalue weighted by Crippen LogP contribution is -2.42. The van der Waals surface area contributed by atoms with Crippen LogP contribution in [0.2, 0.25) is 5.02 Å². The third-order valence-electron chi connectivity index (χ3n) is 8.52. The number of hydrogen-bond acceptors (Lipinski definition) is 6. The first-order valence-electron chi connectivity index (χ1n) is 13.5. The van der Waals surface area contributed by atoms with Gasteiger partial charge < -0.3 is 9.84 Å². The number of aryl methyl sites for hydroxylation is 2. The highest BCUT2D eigenvalue weighted by atomic mass is 35.5. The summed E-state index contributed by atoms with van der Waals surface area (Å²) in [5.74, 6) is -1.11. The molecule has 1 aliphatic carbocycles. The maximum absolute atomic E-state index is 14.5. The van der Waals surface area contributed by atoms with Crippen LogP contribution in [0.1, 0.15) is 37.3 Å². The Morgan fingerprint density at radius 1 is 1.27 bits per heavy atom. The SMILES string of the molecule is C=CC1=CCC2C(=O)N(c3cc(-c4sc5ccc(Cl)cc5c4C)nn3C)C(=O)C2(C)C1c1cccc(OCC)c1O. The Bertz CT molecular complexity index is 1790. The van der Waals surface area contributed by atoms with Gasteiger partial charge in [0.05, 0.1) is 22.8 Å². The Kier molecular flexibility index (Phi) is 6.58. The Labute approximate surface area is 247 Å². The highest BCUT2D eigenvalue weighted by Gasteiger charge is 2.63. The first-order valence-corrected chi connectivity index (χ1v) is 14.7. The van der Waals surface area contributed by atoms with Crippen LogP contribution in [0.5, 0.6) is 11.5 Å². The molecule has 3 heterocycles. The summed E-state index contributed by atoms with van der Waals surface area (Å²) in [5, 5.41) is 17.7. The summed E-state index contributed by atoms with van der Waals surface area (Å²) in [7, 11) is 1.74. The minimum absolute atomic E-state index is 0.0316. The molecular weight excluding hydrogens is 558 g/mol. The van der Waals surface area contributed by atoms with Crippen LogP contribution >= 0.6 is 22.9 Å². The average molecular weight is 588 g/mol. The van der Waals surface area contributed by atoms with E-state index in [0.717, 1.165) is 26.1 Å². The summed E-state index contributed by atoms with van der Waals surface area (Å²) < 4.78 is 8.32. The van der Waals surface area contributed by atoms with Crippen molar-refractivity contribution in [3.63, 3.8) is 0 Å². The molecule has 0 spiro atoms. The van der Waals surface area contributed by atoms with Gasteiger partial charge in [0, 0.05) is 34.3 Å². The number of phenols is 1. The van der Waals surface area contributed by atoms with Gasteiger partial charge in [-0.25, -0.2) is 4.90 Å². The van der Waals surface area contributed by atoms with Crippen molar-refractivity contribution in [1.82, 2.24) is 9.78 Å². The molecule has 0 saturated carbocycles. The van der Waals surface area contributed by atoms with Gasteiger partial charge in [-0.3, -0.25) is 14.3 Å². The van der Waals surface area contributed by atoms with Crippen molar-refractivity contribution < 1.29 is 19.4 Å². The summed E-state index contributed by atoms with van der Waals surface area (Å²) in [6.45, 7) is 10.1. The Balaban J connectivity index is 1.45. The fraction of sp³-hybridized carbons (Fsp3) is 0.281. The molecule has 6 rings (SSSR count). The van der Waals surface area contributed by atoms with Gasteiger partial charge in [0.15, 0.2) is 11.5 Å². The van der Waals surface area contributed by atoms with Crippen molar-refractivity contribution in [1.29, 1.82) is 0 Å². The molecule has 2 amide bonds. The molecule has 210 valence electrons. The maximum atomic E-state index is 14.5. The van der Waals surface area contributed by atoms with Crippen LogP contribution < -0.4 is 9.64 Å². The predicted molar refractivity (Wildman–Crippen MR) is 163 cm³/mol. The molecule has 1 fully saturated rings. The van der Waals surface area contributed by atoms with E-state index < -0.39 is 17.3 Å². The number of anilines is 1. The van der Waals surface area contributed by atoms with Crippen LogP contribution in [-0.4, -0.2) is 33.3 Å². The van der Waals surface area contributed by atoms with E-state index >= 15 is 0 Å². The van der Waals surface area contributed by atoms with Gasteiger partial charge in [-0.05, 0) is 68.0 Å². The smallest absolute Gasteiger partial charge is 0.242 e. The zero-order valence-corrected chi connectivity index (χ0v) is 24.8. The number of thiophene rings is 1. The number of halogens is 1. The van der Waals surface area contributed by atoms with Crippen LogP contribution in [0.15, 0.2) is 66.8 Å². The number of hydrogen-bond donors (Lipinski definition) is 1. The molecule has 2 aromatic carbocycles. The number of ether oxygens (including phenoxy) is 1. The molecule has 3 unspecified atom stereocenters. The lowest BCUT2D eigenvalue weighted by atomic mass is 9.60. The predicted octanol–water partition coefficient (Wildman–Crippen LogP) is 7.16. The second-order valence-electron chi connectivity index (χ2n) is 10.7. The van der Waals surface area contributed by atoms with Crippen molar-refractivity contribution in [2.45, 2.75) is 33.1 Å². The molecule has 0 radical (unpaired) electrons. The van der Waals surface area contributed by atoms with Crippen molar-refractivity contribution in [2.24, 2.45) is 18.4 Å². The first-order chi connectivity index (χ1) is 19.6. The third-order valence-corrected chi connectivity index (χ3v) is 10.1. The molecule has 41 heavy (non-hydrogen) atoms. The lowest BCUT2D eigenvalue weighted by Gasteiger charge is -2.40. The molecule has 9 heteroatoms. The number of phenolic OH excluding ortho intramolecular Hbond substituents is 1. The van der Waals surface area contributed by atoms with E-state index in [0.29, 0.717) is 40.9 Å². The molecule has 2 aromatic heterocycles. The number of rotatable bonds is 6. The second kappa shape index (κ2) is 9.89. The van der Waals surface area contributed by atoms with Crippen molar-refractivity contribution in [3.05, 3.63) is 82.9 Å². The summed E-state index contributed by atoms with van der Waals surface area (Å²) in [5.41, 5.74) is 1.89. The number of amides is 2. The van der Waals surface area contributed by atoms with Crippen LogP contribution in [0, 0.1) is 18.3 Å². The number of aromatic nitrogens is 2. The normalized spacial score (nSPS) is 22.3. The number of allylic oxidation sites excluding steroid dienone is 3. The van der Waals surface area contributed by atoms with E-state index in [4.69, 9.17) is 21.4 Å². The molecule has 3 atom stereocenters. The zero-order valence-electron chi connectivity index (χ0n) is 23.3. The Morgan fingerprint density at radius 3 is 2.78 bits per heavy atom. The number of para-hydroxylation sites is 1. The fourth-order valence-electron chi connectivity index (χ4n) is 6.47. The van der Waals surface area contributed by atoms with Gasteiger partial charge >= 0.3 is 0 Å². The largest absolute Gasteiger partial charge is 0.504 e. The Morgan fingerprint density at radius 2 is 2.05 bits per heavy atom. The first kappa shape index (κ1) is 27.3. The second-order valence-corrected chi connectivity index (χ2v) is 12.2. The van der Waals surface area contributed by atoms with Crippen LogP contribution in [0.25, 0.3) is 20.7 Å². The standard InChI is InChI=1S/C32H30ClN3O4S/c1-6-18-11-13-22-30(38)36(31(39)32(22,4)27(18)20-9-8-10-24(28(20)37)40-7-2)26-16-23(34-35(26)5)29-17(3)21-15-19(33)12-14-25(21)41-29/h6,8-12,14-16,22,27,37H,1,7,13H2,2-5H3. The van der Waals surface area contributed by atoms with E-state index in [1.165, 1.54) is 4.90 Å². The third kappa shape index (κ3) is 3.95. The molecule has 1 aliphatic heterocycles. The monoisotopic (exact) mass is 587 g/mol. The molecule has 1 N–H and O–H groups in total. The van der Waals surface area contributed by atoms with E-state index in [9.17, 15) is 14.7 Å². The quantitative estimate of drug-likeness (QED) is 0.242. The van der Waals surface area contributed by atoms with Gasteiger partial charge in [0.2, 0.25) is 11.8 Å². The minimum atomic E-state index is -1.16. The minimum Gasteiger partial charge on any atom is -0.504 e. The number of benzene rings is 2. The highest BCUT2D eigenvalue weighted by molar-refractivity contribution is 7.22. The summed E-state index contributed by atoms with van der Waals surface area (Å²) in [6.07, 6.45) is 4.05. The lowest BCUT2D eigenvalue weighted by molar-refractivity contribution is -0.127. The summed E-state index contributed by atoms with van der Waals surface area (Å²) in [6, 6.07) is 12.9. The van der Waals surface area contributed by atoms with E-state index in [1.54, 1.807) is 53.4 Å². The zero-order chi connectivity index (χ0) is 29.2. The van der Waals surface area contributed by atoms with Crippen LogP contribution in [0.3, 0.4) is 0 Å². The number of nitrogens with zero attached hydrogens (tertiary/aromatic N) is 3. The molecule has 4 aromatic rings. The molecule has 7 nitrogen and oxygen atoms in total.